The molecule has 0 saturated carbocycles. The van der Waals surface area contributed by atoms with Gasteiger partial charge in [-0.15, -0.1) is 0 Å². The SMILES string of the molecule is COC(=O)C1=CO[C@H](O[C@H]2O[C@@H](CO)[C@@H](O)[C@@H](O)[C@@H]2O)[C@H]2C(CO)=CC[C@H]12. The fraction of sp³-hybridized carbons (Fsp3) is 0.706. The van der Waals surface area contributed by atoms with E-state index < -0.39 is 55.5 Å². The molecule has 0 radical (unpaired) electrons. The molecule has 2 heterocycles. The highest BCUT2D eigenvalue weighted by molar-refractivity contribution is 5.89. The number of esters is 1. The van der Waals surface area contributed by atoms with Crippen molar-refractivity contribution in [2.24, 2.45) is 11.8 Å². The zero-order valence-corrected chi connectivity index (χ0v) is 14.7. The molecule has 1 aliphatic carbocycles. The van der Waals surface area contributed by atoms with Gasteiger partial charge in [-0.25, -0.2) is 4.79 Å². The first-order valence-electron chi connectivity index (χ1n) is 8.62. The second kappa shape index (κ2) is 8.23. The lowest BCUT2D eigenvalue weighted by atomic mass is 9.83. The number of ether oxygens (including phenoxy) is 4. The zero-order valence-electron chi connectivity index (χ0n) is 14.7. The molecule has 10 nitrogen and oxygen atoms in total. The molecule has 10 heteroatoms. The van der Waals surface area contributed by atoms with Crippen LogP contribution in [0.4, 0.5) is 0 Å². The maximum atomic E-state index is 12.0. The molecule has 27 heavy (non-hydrogen) atoms. The monoisotopic (exact) mass is 388 g/mol. The largest absolute Gasteiger partial charge is 0.471 e. The molecule has 0 aromatic heterocycles. The van der Waals surface area contributed by atoms with Crippen LogP contribution < -0.4 is 0 Å². The molecule has 0 spiro atoms. The lowest BCUT2D eigenvalue weighted by Gasteiger charge is -2.42. The van der Waals surface area contributed by atoms with Gasteiger partial charge in [0.2, 0.25) is 6.29 Å². The van der Waals surface area contributed by atoms with E-state index in [1.807, 2.05) is 0 Å². The maximum Gasteiger partial charge on any atom is 0.337 e. The first kappa shape index (κ1) is 20.2. The van der Waals surface area contributed by atoms with Crippen LogP contribution in [-0.2, 0) is 23.7 Å². The molecule has 8 atom stereocenters. The number of hydrogen-bond donors (Lipinski definition) is 5. The van der Waals surface area contributed by atoms with Crippen molar-refractivity contribution in [3.05, 3.63) is 23.5 Å². The molecule has 5 N–H and O–H groups in total. The average molecular weight is 388 g/mol. The average Bonchev–Trinajstić information content (AvgIpc) is 3.12. The van der Waals surface area contributed by atoms with E-state index in [0.29, 0.717) is 17.6 Å². The Hall–Kier alpha value is -1.53. The lowest BCUT2D eigenvalue weighted by molar-refractivity contribution is -0.339. The quantitative estimate of drug-likeness (QED) is 0.258. The number of carbonyl (C=O) groups excluding carboxylic acids is 1. The van der Waals surface area contributed by atoms with Crippen molar-refractivity contribution in [1.29, 1.82) is 0 Å². The molecule has 0 amide bonds. The third kappa shape index (κ3) is 3.61. The van der Waals surface area contributed by atoms with Gasteiger partial charge in [-0.3, -0.25) is 0 Å². The Bertz CT molecular complexity index is 615. The Labute approximate surface area is 155 Å². The second-order valence-corrected chi connectivity index (χ2v) is 6.71. The summed E-state index contributed by atoms with van der Waals surface area (Å²) in [5, 5.41) is 48.8. The van der Waals surface area contributed by atoms with Crippen LogP contribution in [0, 0.1) is 11.8 Å². The zero-order chi connectivity index (χ0) is 19.7. The van der Waals surface area contributed by atoms with Crippen LogP contribution >= 0.6 is 0 Å². The first-order valence-corrected chi connectivity index (χ1v) is 8.62. The summed E-state index contributed by atoms with van der Waals surface area (Å²) in [5.41, 5.74) is 0.903. The van der Waals surface area contributed by atoms with Crippen LogP contribution in [0.5, 0.6) is 0 Å². The highest BCUT2D eigenvalue weighted by Crippen LogP contribution is 2.44. The van der Waals surface area contributed by atoms with Crippen LogP contribution in [0.25, 0.3) is 0 Å². The third-order valence-electron chi connectivity index (χ3n) is 5.24. The van der Waals surface area contributed by atoms with Crippen molar-refractivity contribution >= 4 is 5.97 Å². The minimum atomic E-state index is -1.59. The van der Waals surface area contributed by atoms with Gasteiger partial charge in [0.1, 0.15) is 24.4 Å². The molecule has 1 fully saturated rings. The van der Waals surface area contributed by atoms with E-state index in [0.717, 1.165) is 0 Å². The summed E-state index contributed by atoms with van der Waals surface area (Å²) in [6.45, 7) is -0.857. The smallest absolute Gasteiger partial charge is 0.337 e. The summed E-state index contributed by atoms with van der Waals surface area (Å²) in [5.74, 6) is -1.42. The Morgan fingerprint density at radius 1 is 1.19 bits per heavy atom. The topological polar surface area (TPSA) is 155 Å². The van der Waals surface area contributed by atoms with Gasteiger partial charge in [0.05, 0.1) is 38.1 Å². The summed E-state index contributed by atoms with van der Waals surface area (Å²) < 4.78 is 21.3. The van der Waals surface area contributed by atoms with Crippen LogP contribution in [0.1, 0.15) is 6.42 Å². The normalized spacial score (nSPS) is 41.3. The molecule has 3 aliphatic rings. The van der Waals surface area contributed by atoms with E-state index in [1.54, 1.807) is 6.08 Å². The number of carbonyl (C=O) groups is 1. The van der Waals surface area contributed by atoms with Crippen molar-refractivity contribution in [3.63, 3.8) is 0 Å². The Morgan fingerprint density at radius 3 is 2.56 bits per heavy atom. The maximum absolute atomic E-state index is 12.0. The number of aliphatic hydroxyl groups is 5. The molecule has 0 unspecified atom stereocenters. The Balaban J connectivity index is 1.80. The first-order chi connectivity index (χ1) is 12.9. The van der Waals surface area contributed by atoms with Gasteiger partial charge in [0, 0.05) is 5.92 Å². The van der Waals surface area contributed by atoms with Gasteiger partial charge in [0.15, 0.2) is 6.29 Å². The molecule has 0 bridgehead atoms. The highest BCUT2D eigenvalue weighted by atomic mass is 16.8. The van der Waals surface area contributed by atoms with Gasteiger partial charge in [0.25, 0.3) is 0 Å². The van der Waals surface area contributed by atoms with Crippen molar-refractivity contribution in [1.82, 2.24) is 0 Å². The number of aliphatic hydroxyl groups excluding tert-OH is 5. The van der Waals surface area contributed by atoms with E-state index in [4.69, 9.17) is 18.9 Å². The molecule has 3 rings (SSSR count). The predicted octanol–water partition coefficient (Wildman–Crippen LogP) is -2.23. The predicted molar refractivity (Wildman–Crippen MR) is 86.6 cm³/mol. The summed E-state index contributed by atoms with van der Waals surface area (Å²) in [7, 11) is 1.25. The number of hydrogen-bond acceptors (Lipinski definition) is 10. The number of rotatable bonds is 5. The van der Waals surface area contributed by atoms with Crippen molar-refractivity contribution in [3.8, 4) is 0 Å². The molecule has 0 aromatic carbocycles. The summed E-state index contributed by atoms with van der Waals surface area (Å²) in [4.78, 5) is 12.0. The molecule has 152 valence electrons. The van der Waals surface area contributed by atoms with Crippen LogP contribution in [0.2, 0.25) is 0 Å². The van der Waals surface area contributed by atoms with E-state index in [-0.39, 0.29) is 12.5 Å². The highest BCUT2D eigenvalue weighted by Gasteiger charge is 2.49. The molecular weight excluding hydrogens is 364 g/mol. The molecule has 2 aliphatic heterocycles. The molecule has 0 aromatic rings. The number of fused-ring (bicyclic) bond motifs is 1. The minimum absolute atomic E-state index is 0.270. The van der Waals surface area contributed by atoms with Crippen LogP contribution in [0.3, 0.4) is 0 Å². The third-order valence-corrected chi connectivity index (χ3v) is 5.24. The summed E-state index contributed by atoms with van der Waals surface area (Å²) >= 11 is 0. The minimum Gasteiger partial charge on any atom is -0.471 e. The van der Waals surface area contributed by atoms with Crippen molar-refractivity contribution in [2.45, 2.75) is 43.4 Å². The Kier molecular flexibility index (Phi) is 6.16. The van der Waals surface area contributed by atoms with Crippen molar-refractivity contribution < 1.29 is 49.3 Å². The van der Waals surface area contributed by atoms with Gasteiger partial charge in [-0.1, -0.05) is 6.08 Å². The van der Waals surface area contributed by atoms with E-state index in [2.05, 4.69) is 0 Å². The standard InChI is InChI=1S/C17H24O10/c1-24-15(23)9-6-25-16(11-7(4-18)2-3-8(9)11)27-17-14(22)13(21)12(20)10(5-19)26-17/h2,6,8,10-14,16-22H,3-5H2,1H3/t8-,10+,11+,12-,13-,14+,16-,17-/m1/s1. The fourth-order valence-corrected chi connectivity index (χ4v) is 3.73. The van der Waals surface area contributed by atoms with Crippen LogP contribution in [0.15, 0.2) is 23.5 Å². The lowest BCUT2D eigenvalue weighted by Crippen LogP contribution is -2.60. The van der Waals surface area contributed by atoms with Gasteiger partial charge < -0.3 is 44.5 Å². The number of allylic oxidation sites excluding steroid dienone is 1. The summed E-state index contributed by atoms with van der Waals surface area (Å²) in [6, 6.07) is 0. The van der Waals surface area contributed by atoms with E-state index in [1.165, 1.54) is 13.4 Å². The van der Waals surface area contributed by atoms with Gasteiger partial charge in [-0.05, 0) is 12.0 Å². The van der Waals surface area contributed by atoms with Gasteiger partial charge in [-0.2, -0.15) is 0 Å². The fourth-order valence-electron chi connectivity index (χ4n) is 3.73. The van der Waals surface area contributed by atoms with E-state index >= 15 is 0 Å². The Morgan fingerprint density at radius 2 is 1.93 bits per heavy atom. The van der Waals surface area contributed by atoms with Gasteiger partial charge >= 0.3 is 5.97 Å². The number of methoxy groups -OCH3 is 1. The molecular formula is C17H24O10. The second-order valence-electron chi connectivity index (χ2n) is 6.71. The van der Waals surface area contributed by atoms with E-state index in [9.17, 15) is 30.3 Å². The molecule has 1 saturated heterocycles. The van der Waals surface area contributed by atoms with Crippen molar-refractivity contribution in [2.75, 3.05) is 20.3 Å². The summed E-state index contributed by atoms with van der Waals surface area (Å²) in [6.07, 6.45) is -4.73. The van der Waals surface area contributed by atoms with Crippen LogP contribution in [-0.4, -0.2) is 88.8 Å².